The number of likely N-dealkylation sites (tertiary alicyclic amines) is 1. The molecule has 4 N–H and O–H groups in total. The zero-order valence-corrected chi connectivity index (χ0v) is 42.2. The number of aromatic nitrogens is 2. The van der Waals surface area contributed by atoms with Gasteiger partial charge in [0.25, 0.3) is 0 Å². The predicted octanol–water partition coefficient (Wildman–Crippen LogP) is 8.52. The molecule has 5 aromatic rings. The van der Waals surface area contributed by atoms with Crippen molar-refractivity contribution in [2.75, 3.05) is 46.1 Å². The van der Waals surface area contributed by atoms with E-state index in [2.05, 4.69) is 20.6 Å². The number of aliphatic hydroxyl groups excluding tert-OH is 1. The van der Waals surface area contributed by atoms with E-state index >= 15 is 13.2 Å². The lowest BCUT2D eigenvalue weighted by Crippen LogP contribution is -2.58. The number of nitrogens with zero attached hydrogens (tertiary/aromatic N) is 3. The molecule has 2 aliphatic heterocycles. The summed E-state index contributed by atoms with van der Waals surface area (Å²) in [5.41, 5.74) is 4.66. The Balaban J connectivity index is 0.833. The highest BCUT2D eigenvalue weighted by Gasteiger charge is 2.45. The number of thiazole rings is 1. The summed E-state index contributed by atoms with van der Waals surface area (Å²) in [5, 5.41) is 17.4. The zero-order valence-electron chi connectivity index (χ0n) is 41.4. The van der Waals surface area contributed by atoms with Crippen LogP contribution in [0.5, 0.6) is 5.75 Å². The van der Waals surface area contributed by atoms with Gasteiger partial charge in [-0.3, -0.25) is 19.3 Å². The Kier molecular flexibility index (Phi) is 16.8. The first-order valence-corrected chi connectivity index (χ1v) is 25.0. The molecule has 378 valence electrons. The Hall–Kier alpha value is -5.33. The molecule has 3 amide bonds. The van der Waals surface area contributed by atoms with Crippen molar-refractivity contribution in [1.29, 1.82) is 0 Å². The van der Waals surface area contributed by atoms with Crippen LogP contribution in [0.15, 0.2) is 66.2 Å². The van der Waals surface area contributed by atoms with Crippen LogP contribution in [0.2, 0.25) is 0 Å². The van der Waals surface area contributed by atoms with Crippen molar-refractivity contribution in [2.45, 2.75) is 123 Å². The quantitative estimate of drug-likeness (QED) is 0.0562. The average Bonchev–Trinajstić information content (AvgIpc) is 4.02. The minimum absolute atomic E-state index is 0.0184. The molecule has 0 saturated carbocycles. The number of hydrogen-bond acceptors (Lipinski definition) is 10. The van der Waals surface area contributed by atoms with Crippen molar-refractivity contribution in [1.82, 2.24) is 30.4 Å². The molecule has 3 aromatic carbocycles. The fraction of sp³-hybridized carbons (Fsp3) is 0.509. The molecule has 4 heterocycles. The number of nitrogens with one attached hydrogen (secondary N) is 3. The number of carbonyl (C=O) groups excluding carboxylic acids is 3. The highest BCUT2D eigenvalue weighted by atomic mass is 32.1. The maximum absolute atomic E-state index is 16.0. The highest BCUT2D eigenvalue weighted by molar-refractivity contribution is 7.13. The first-order chi connectivity index (χ1) is 33.2. The summed E-state index contributed by atoms with van der Waals surface area (Å²) in [5.74, 6) is -2.89. The SMILES string of the molecule is Cc1ncsc1-c1ccc(C(C)NC(=O)[C@@H]2C[C@@H](O)CN2C(=O)C(NC(=O)COCCCOCCCOc2cc(F)c([C@@H]3c4[nH]c5ccccc5c4C[C@@H](C)N3CC(C)(C)F)c(F)c2)C(C)(C)C)cc1. The van der Waals surface area contributed by atoms with E-state index in [0.717, 1.165) is 38.2 Å². The van der Waals surface area contributed by atoms with Crippen molar-refractivity contribution in [3.8, 4) is 16.2 Å². The van der Waals surface area contributed by atoms with Gasteiger partial charge in [-0.15, -0.1) is 11.3 Å². The van der Waals surface area contributed by atoms with Gasteiger partial charge < -0.3 is 39.8 Å². The van der Waals surface area contributed by atoms with Gasteiger partial charge >= 0.3 is 0 Å². The molecule has 1 saturated heterocycles. The Bertz CT molecular complexity index is 2590. The van der Waals surface area contributed by atoms with Gasteiger partial charge in [0, 0.05) is 86.1 Å². The lowest BCUT2D eigenvalue weighted by molar-refractivity contribution is -0.144. The number of aryl methyl sites for hydroxylation is 1. The molecule has 0 radical (unpaired) electrons. The van der Waals surface area contributed by atoms with E-state index in [0.29, 0.717) is 38.2 Å². The standard InChI is InChI=1S/C53H67F3N6O7S/c1-31-23-39-38-13-9-10-14-42(38)59-46(39)47(62(31)29-53(7,8)56)45-40(54)25-37(26-41(45)55)69-22-12-20-67-19-11-21-68-28-44(64)60-49(52(4,5)6)51(66)61-27-36(63)24-43(61)50(65)58-32(2)34-15-17-35(18-16-34)48-33(3)57-30-70-48/h9-10,13-18,25-26,30-32,36,43,47,49,59,63H,11-12,19-24,27-29H2,1-8H3,(H,58,65)(H,60,64)/t31-,32?,36-,43+,47-,49?/m1/s1. The summed E-state index contributed by atoms with van der Waals surface area (Å²) in [4.78, 5) is 52.8. The lowest BCUT2D eigenvalue weighted by atomic mass is 9.85. The fourth-order valence-corrected chi connectivity index (χ4v) is 10.3. The van der Waals surface area contributed by atoms with E-state index in [1.165, 1.54) is 30.9 Å². The predicted molar refractivity (Wildman–Crippen MR) is 264 cm³/mol. The number of ether oxygens (including phenoxy) is 3. The van der Waals surface area contributed by atoms with E-state index < -0.39 is 64.7 Å². The van der Waals surface area contributed by atoms with E-state index in [1.54, 1.807) is 16.8 Å². The third-order valence-electron chi connectivity index (χ3n) is 13.0. The maximum atomic E-state index is 16.0. The molecule has 17 heteroatoms. The van der Waals surface area contributed by atoms with E-state index in [-0.39, 0.29) is 62.7 Å². The van der Waals surface area contributed by atoms with Crippen LogP contribution in [0.3, 0.4) is 0 Å². The van der Waals surface area contributed by atoms with E-state index in [4.69, 9.17) is 14.2 Å². The van der Waals surface area contributed by atoms with Crippen LogP contribution in [0, 0.1) is 24.0 Å². The molecular formula is C53H67F3N6O7S. The lowest BCUT2D eigenvalue weighted by Gasteiger charge is -2.43. The molecule has 6 atom stereocenters. The smallest absolute Gasteiger partial charge is 0.246 e. The molecular weight excluding hydrogens is 922 g/mol. The molecule has 0 spiro atoms. The van der Waals surface area contributed by atoms with Gasteiger partial charge in [0.1, 0.15) is 41.7 Å². The summed E-state index contributed by atoms with van der Waals surface area (Å²) in [6.45, 7) is 14.8. The highest BCUT2D eigenvalue weighted by Crippen LogP contribution is 2.44. The Morgan fingerprint density at radius 3 is 2.29 bits per heavy atom. The van der Waals surface area contributed by atoms with Gasteiger partial charge in [-0.25, -0.2) is 18.2 Å². The largest absolute Gasteiger partial charge is 0.493 e. The molecule has 7 rings (SSSR count). The normalized spacial score (nSPS) is 19.5. The first kappa shape index (κ1) is 52.5. The van der Waals surface area contributed by atoms with Gasteiger partial charge in [0.15, 0.2) is 0 Å². The number of aromatic amines is 1. The van der Waals surface area contributed by atoms with Crippen LogP contribution in [0.4, 0.5) is 13.2 Å². The second-order valence-electron chi connectivity index (χ2n) is 20.3. The van der Waals surface area contributed by atoms with E-state index in [1.807, 2.05) is 95.0 Å². The molecule has 1 fully saturated rings. The number of benzene rings is 3. The Morgan fingerprint density at radius 2 is 1.63 bits per heavy atom. The minimum atomic E-state index is -1.61. The summed E-state index contributed by atoms with van der Waals surface area (Å²) in [6, 6.07) is 14.6. The summed E-state index contributed by atoms with van der Waals surface area (Å²) >= 11 is 1.56. The summed E-state index contributed by atoms with van der Waals surface area (Å²) in [7, 11) is 0. The second-order valence-corrected chi connectivity index (χ2v) is 21.2. The van der Waals surface area contributed by atoms with Gasteiger partial charge in [0.05, 0.1) is 40.9 Å². The molecule has 2 aromatic heterocycles. The first-order valence-electron chi connectivity index (χ1n) is 24.1. The van der Waals surface area contributed by atoms with E-state index in [9.17, 15) is 19.5 Å². The molecule has 13 nitrogen and oxygen atoms in total. The minimum Gasteiger partial charge on any atom is -0.493 e. The number of aliphatic hydroxyl groups is 1. The van der Waals surface area contributed by atoms with Crippen LogP contribution in [-0.2, 0) is 30.3 Å². The number of rotatable bonds is 20. The number of β-amino-alcohol motifs (C(OH)–C–C–N with tert-alkyl or cyclic N) is 1. The maximum Gasteiger partial charge on any atom is 0.246 e. The van der Waals surface area contributed by atoms with Crippen LogP contribution in [-0.4, -0.2) is 119 Å². The summed E-state index contributed by atoms with van der Waals surface area (Å²) < 4.78 is 64.3. The van der Waals surface area contributed by atoms with Crippen molar-refractivity contribution in [3.63, 3.8) is 0 Å². The van der Waals surface area contributed by atoms with Crippen LogP contribution in [0.1, 0.15) is 108 Å². The van der Waals surface area contributed by atoms with Crippen molar-refractivity contribution >= 4 is 40.0 Å². The zero-order chi connectivity index (χ0) is 50.5. The number of carbonyl (C=O) groups is 3. The van der Waals surface area contributed by atoms with Crippen molar-refractivity contribution < 1.29 is 46.9 Å². The number of fused-ring (bicyclic) bond motifs is 3. The van der Waals surface area contributed by atoms with Crippen LogP contribution >= 0.6 is 11.3 Å². The number of H-pyrrole nitrogens is 1. The number of alkyl halides is 1. The van der Waals surface area contributed by atoms with Crippen molar-refractivity contribution in [2.24, 2.45) is 5.41 Å². The van der Waals surface area contributed by atoms with Crippen LogP contribution in [0.25, 0.3) is 21.3 Å². The Labute approximate surface area is 412 Å². The molecule has 0 aliphatic carbocycles. The number of hydrogen-bond donors (Lipinski definition) is 4. The van der Waals surface area contributed by atoms with Gasteiger partial charge in [-0.1, -0.05) is 63.2 Å². The molecule has 70 heavy (non-hydrogen) atoms. The molecule has 0 bridgehead atoms. The number of amides is 3. The third-order valence-corrected chi connectivity index (χ3v) is 14.0. The molecule has 2 unspecified atom stereocenters. The second kappa shape index (κ2) is 22.4. The average molecular weight is 989 g/mol. The topological polar surface area (TPSA) is 158 Å². The molecule has 2 aliphatic rings. The van der Waals surface area contributed by atoms with Gasteiger partial charge in [0.2, 0.25) is 17.7 Å². The third kappa shape index (κ3) is 12.6. The van der Waals surface area contributed by atoms with Gasteiger partial charge in [-0.05, 0) is 75.6 Å². The van der Waals surface area contributed by atoms with Crippen LogP contribution < -0.4 is 15.4 Å². The number of halogens is 3. The summed E-state index contributed by atoms with van der Waals surface area (Å²) in [6.07, 6.45) is 0.682. The van der Waals surface area contributed by atoms with Crippen molar-refractivity contribution in [3.05, 3.63) is 106 Å². The monoisotopic (exact) mass is 988 g/mol. The van der Waals surface area contributed by atoms with Gasteiger partial charge in [-0.2, -0.15) is 0 Å². The fourth-order valence-electron chi connectivity index (χ4n) is 9.50. The Morgan fingerprint density at radius 1 is 0.957 bits per heavy atom. The number of para-hydroxylation sites is 1.